The zero-order chi connectivity index (χ0) is 15.0. The predicted molar refractivity (Wildman–Crippen MR) is 82.9 cm³/mol. The standard InChI is InChI=1S/C12H15N5O2S2/c1-19-12(18)10-8(13)9(20-2)11(21-10)16-3-4-17-6-14-15-7(17)5-16/h6H,3-5,13H2,1-2H3. The first kappa shape index (κ1) is 14.2. The number of hydrogen-bond acceptors (Lipinski definition) is 8. The van der Waals surface area contributed by atoms with Gasteiger partial charge in [0.15, 0.2) is 5.82 Å². The molecule has 3 heterocycles. The molecule has 0 saturated carbocycles. The summed E-state index contributed by atoms with van der Waals surface area (Å²) in [5, 5.41) is 9.03. The summed E-state index contributed by atoms with van der Waals surface area (Å²) in [6, 6.07) is 0. The van der Waals surface area contributed by atoms with Crippen molar-refractivity contribution >= 4 is 39.8 Å². The van der Waals surface area contributed by atoms with Crippen LogP contribution in [0.5, 0.6) is 0 Å². The van der Waals surface area contributed by atoms with Crippen LogP contribution in [0.3, 0.4) is 0 Å². The number of carbonyl (C=O) groups excluding carboxylic acids is 1. The van der Waals surface area contributed by atoms with Gasteiger partial charge >= 0.3 is 5.97 Å². The minimum Gasteiger partial charge on any atom is -0.465 e. The summed E-state index contributed by atoms with van der Waals surface area (Å²) in [4.78, 5) is 15.4. The number of nitrogen functional groups attached to an aromatic ring is 1. The molecule has 0 bridgehead atoms. The van der Waals surface area contributed by atoms with Gasteiger partial charge in [-0.2, -0.15) is 0 Å². The van der Waals surface area contributed by atoms with Crippen LogP contribution in [0.1, 0.15) is 15.5 Å². The Morgan fingerprint density at radius 3 is 3.05 bits per heavy atom. The first-order valence-corrected chi connectivity index (χ1v) is 8.36. The first-order chi connectivity index (χ1) is 10.2. The lowest BCUT2D eigenvalue weighted by atomic mass is 10.3. The highest BCUT2D eigenvalue weighted by molar-refractivity contribution is 7.99. The number of carbonyl (C=O) groups is 1. The molecule has 0 aliphatic carbocycles. The van der Waals surface area contributed by atoms with E-state index in [0.29, 0.717) is 17.1 Å². The number of fused-ring (bicyclic) bond motifs is 1. The monoisotopic (exact) mass is 325 g/mol. The van der Waals surface area contributed by atoms with Gasteiger partial charge in [-0.3, -0.25) is 0 Å². The molecule has 0 fully saturated rings. The Morgan fingerprint density at radius 1 is 1.52 bits per heavy atom. The molecule has 3 rings (SSSR count). The number of nitrogens with zero attached hydrogens (tertiary/aromatic N) is 4. The maximum Gasteiger partial charge on any atom is 0.350 e. The van der Waals surface area contributed by atoms with Gasteiger partial charge in [0.05, 0.1) is 24.2 Å². The summed E-state index contributed by atoms with van der Waals surface area (Å²) in [5.74, 6) is 0.527. The third-order valence-corrected chi connectivity index (χ3v) is 5.58. The van der Waals surface area contributed by atoms with Crippen LogP contribution in [0.15, 0.2) is 11.2 Å². The van der Waals surface area contributed by atoms with Gasteiger partial charge in [-0.05, 0) is 6.26 Å². The molecule has 0 amide bonds. The molecule has 0 unspecified atom stereocenters. The lowest BCUT2D eigenvalue weighted by Crippen LogP contribution is -2.33. The summed E-state index contributed by atoms with van der Waals surface area (Å²) in [6.45, 7) is 2.31. The maximum atomic E-state index is 11.8. The van der Waals surface area contributed by atoms with E-state index in [2.05, 4.69) is 15.1 Å². The van der Waals surface area contributed by atoms with Crippen LogP contribution in [0.2, 0.25) is 0 Å². The van der Waals surface area contributed by atoms with Crippen molar-refractivity contribution in [3.05, 3.63) is 17.0 Å². The lowest BCUT2D eigenvalue weighted by molar-refractivity contribution is 0.0607. The van der Waals surface area contributed by atoms with Crippen molar-refractivity contribution < 1.29 is 9.53 Å². The molecule has 0 spiro atoms. The van der Waals surface area contributed by atoms with Gasteiger partial charge in [-0.25, -0.2) is 4.79 Å². The van der Waals surface area contributed by atoms with Crippen LogP contribution in [0.25, 0.3) is 0 Å². The first-order valence-electron chi connectivity index (χ1n) is 6.32. The van der Waals surface area contributed by atoms with E-state index in [1.165, 1.54) is 18.4 Å². The van der Waals surface area contributed by atoms with Gasteiger partial charge in [0.2, 0.25) is 0 Å². The summed E-state index contributed by atoms with van der Waals surface area (Å²) < 4.78 is 6.83. The zero-order valence-electron chi connectivity index (χ0n) is 11.7. The van der Waals surface area contributed by atoms with Crippen LogP contribution in [0, 0.1) is 0 Å². The number of rotatable bonds is 3. The number of ether oxygens (including phenoxy) is 1. The van der Waals surface area contributed by atoms with E-state index in [1.54, 1.807) is 18.1 Å². The molecule has 1 aliphatic heterocycles. The Kier molecular flexibility index (Phi) is 3.77. The number of aromatic nitrogens is 3. The Balaban J connectivity index is 1.97. The smallest absolute Gasteiger partial charge is 0.350 e. The van der Waals surface area contributed by atoms with Crippen molar-refractivity contribution in [3.63, 3.8) is 0 Å². The van der Waals surface area contributed by atoms with Crippen LogP contribution >= 0.6 is 23.1 Å². The molecule has 9 heteroatoms. The normalized spacial score (nSPS) is 14.1. The van der Waals surface area contributed by atoms with Gasteiger partial charge in [0.25, 0.3) is 0 Å². The Morgan fingerprint density at radius 2 is 2.33 bits per heavy atom. The minimum absolute atomic E-state index is 0.390. The Hall–Kier alpha value is -1.74. The van der Waals surface area contributed by atoms with Crippen molar-refractivity contribution in [1.29, 1.82) is 0 Å². The number of thiophene rings is 1. The number of methoxy groups -OCH3 is 1. The van der Waals surface area contributed by atoms with Gasteiger partial charge in [0.1, 0.15) is 16.2 Å². The SMILES string of the molecule is COC(=O)c1sc(N2CCn3cnnc3C2)c(SC)c1N. The Labute approximate surface area is 130 Å². The molecule has 112 valence electrons. The second kappa shape index (κ2) is 5.57. The van der Waals surface area contributed by atoms with E-state index in [0.717, 1.165) is 28.8 Å². The topological polar surface area (TPSA) is 86.3 Å². The van der Waals surface area contributed by atoms with Crippen LogP contribution in [-0.4, -0.2) is 40.6 Å². The summed E-state index contributed by atoms with van der Waals surface area (Å²) >= 11 is 2.92. The van der Waals surface area contributed by atoms with Crippen LogP contribution in [-0.2, 0) is 17.8 Å². The van der Waals surface area contributed by atoms with E-state index in [9.17, 15) is 4.79 Å². The average molecular weight is 325 g/mol. The molecule has 0 aromatic carbocycles. The molecule has 21 heavy (non-hydrogen) atoms. The third kappa shape index (κ3) is 2.36. The molecule has 1 aliphatic rings. The van der Waals surface area contributed by atoms with Crippen LogP contribution < -0.4 is 10.6 Å². The fourth-order valence-corrected chi connectivity index (χ4v) is 4.43. The fraction of sp³-hybridized carbons (Fsp3) is 0.417. The number of anilines is 2. The predicted octanol–water partition coefficient (Wildman–Crippen LogP) is 1.45. The van der Waals surface area contributed by atoms with Gasteiger partial charge in [0, 0.05) is 13.1 Å². The van der Waals surface area contributed by atoms with Crippen LogP contribution in [0.4, 0.5) is 10.7 Å². The summed E-state index contributed by atoms with van der Waals surface area (Å²) in [6.07, 6.45) is 3.69. The highest BCUT2D eigenvalue weighted by atomic mass is 32.2. The summed E-state index contributed by atoms with van der Waals surface area (Å²) in [5.41, 5.74) is 6.60. The van der Waals surface area contributed by atoms with Crippen molar-refractivity contribution in [3.8, 4) is 0 Å². The van der Waals surface area contributed by atoms with E-state index in [-0.39, 0.29) is 5.97 Å². The van der Waals surface area contributed by atoms with Gasteiger partial charge in [-0.1, -0.05) is 0 Å². The summed E-state index contributed by atoms with van der Waals surface area (Å²) in [7, 11) is 1.36. The van der Waals surface area contributed by atoms with Gasteiger partial charge < -0.3 is 19.9 Å². The number of thioether (sulfide) groups is 1. The van der Waals surface area contributed by atoms with E-state index < -0.39 is 0 Å². The number of hydrogen-bond donors (Lipinski definition) is 1. The Bertz CT molecular complexity index is 681. The van der Waals surface area contributed by atoms with E-state index in [1.807, 2.05) is 10.8 Å². The molecule has 7 nitrogen and oxygen atoms in total. The molecule has 0 atom stereocenters. The average Bonchev–Trinajstić information content (AvgIpc) is 3.09. The molecule has 0 saturated heterocycles. The second-order valence-corrected chi connectivity index (χ2v) is 6.35. The molecular weight excluding hydrogens is 310 g/mol. The maximum absolute atomic E-state index is 11.8. The van der Waals surface area contributed by atoms with E-state index in [4.69, 9.17) is 10.5 Å². The quantitative estimate of drug-likeness (QED) is 0.675. The van der Waals surface area contributed by atoms with Crippen molar-refractivity contribution in [2.45, 2.75) is 18.0 Å². The highest BCUT2D eigenvalue weighted by Gasteiger charge is 2.27. The largest absolute Gasteiger partial charge is 0.465 e. The number of nitrogens with two attached hydrogens (primary N) is 1. The second-order valence-electron chi connectivity index (χ2n) is 4.54. The van der Waals surface area contributed by atoms with Gasteiger partial charge in [-0.15, -0.1) is 33.3 Å². The van der Waals surface area contributed by atoms with Crippen molar-refractivity contribution in [2.75, 3.05) is 30.5 Å². The molecule has 2 aromatic heterocycles. The molecule has 2 aromatic rings. The minimum atomic E-state index is -0.390. The fourth-order valence-electron chi connectivity index (χ4n) is 2.31. The van der Waals surface area contributed by atoms with Crippen molar-refractivity contribution in [2.24, 2.45) is 0 Å². The number of esters is 1. The molecular formula is C12H15N5O2S2. The molecule has 2 N–H and O–H groups in total. The molecule has 0 radical (unpaired) electrons. The van der Waals surface area contributed by atoms with Crippen molar-refractivity contribution in [1.82, 2.24) is 14.8 Å². The lowest BCUT2D eigenvalue weighted by Gasteiger charge is -2.28. The highest BCUT2D eigenvalue weighted by Crippen LogP contribution is 2.44. The van der Waals surface area contributed by atoms with E-state index >= 15 is 0 Å². The zero-order valence-corrected chi connectivity index (χ0v) is 13.3. The third-order valence-electron chi connectivity index (χ3n) is 3.38.